The first-order valence-corrected chi connectivity index (χ1v) is 8.00. The van der Waals surface area contributed by atoms with Gasteiger partial charge in [-0.2, -0.15) is 5.53 Å². The van der Waals surface area contributed by atoms with E-state index in [-0.39, 0.29) is 5.84 Å². The normalized spacial score (nSPS) is 17.0. The number of nitrogens with zero attached hydrogens (tertiary/aromatic N) is 2. The molecule has 2 aromatic rings. The maximum Gasteiger partial charge on any atom is 0.155 e. The molecule has 0 bridgehead atoms. The molecule has 0 heterocycles. The Morgan fingerprint density at radius 3 is 2.92 bits per heavy atom. The number of benzene rings is 2. The molecular formula is C19H21N5. The van der Waals surface area contributed by atoms with E-state index in [1.165, 1.54) is 16.7 Å². The van der Waals surface area contributed by atoms with Crippen molar-refractivity contribution in [1.82, 2.24) is 0 Å². The molecular weight excluding hydrogens is 298 g/mol. The first-order valence-electron chi connectivity index (χ1n) is 8.00. The standard InChI is InChI=1S/C19H21N5/c1-13-9-14-5-2-3-6-15(14)10-17(13)12-22-18-8-4-7-16(11-18)19(20)23-24-21/h2-8,10-11,13,22H,9,12H2,1H3,(H3,20,21,23). The molecule has 1 aliphatic rings. The quantitative estimate of drug-likeness (QED) is 0.336. The van der Waals surface area contributed by atoms with Crippen molar-refractivity contribution in [2.75, 3.05) is 11.9 Å². The van der Waals surface area contributed by atoms with Crippen molar-refractivity contribution in [2.45, 2.75) is 13.3 Å². The van der Waals surface area contributed by atoms with Gasteiger partial charge in [0.25, 0.3) is 0 Å². The van der Waals surface area contributed by atoms with Gasteiger partial charge < -0.3 is 11.1 Å². The number of anilines is 1. The van der Waals surface area contributed by atoms with Crippen LogP contribution in [0.25, 0.3) is 6.08 Å². The van der Waals surface area contributed by atoms with Crippen molar-refractivity contribution in [1.29, 1.82) is 5.53 Å². The van der Waals surface area contributed by atoms with E-state index < -0.39 is 0 Å². The molecule has 0 aliphatic heterocycles. The Morgan fingerprint density at radius 1 is 1.25 bits per heavy atom. The minimum absolute atomic E-state index is 0.243. The molecule has 24 heavy (non-hydrogen) atoms. The van der Waals surface area contributed by atoms with Gasteiger partial charge in [-0.3, -0.25) is 0 Å². The van der Waals surface area contributed by atoms with Gasteiger partial charge in [0.05, 0.1) is 0 Å². The zero-order valence-electron chi connectivity index (χ0n) is 13.7. The van der Waals surface area contributed by atoms with E-state index in [0.717, 1.165) is 24.2 Å². The smallest absolute Gasteiger partial charge is 0.155 e. The first-order chi connectivity index (χ1) is 11.7. The average Bonchev–Trinajstić information content (AvgIpc) is 2.60. The number of nitrogens with two attached hydrogens (primary N) is 1. The van der Waals surface area contributed by atoms with Gasteiger partial charge in [0.1, 0.15) is 0 Å². The van der Waals surface area contributed by atoms with Gasteiger partial charge in [-0.25, -0.2) is 0 Å². The molecule has 0 aromatic heterocycles. The molecule has 3 rings (SSSR count). The minimum Gasteiger partial charge on any atom is -0.382 e. The van der Waals surface area contributed by atoms with Crippen LogP contribution in [0.15, 0.2) is 64.4 Å². The fraction of sp³-hybridized carbons (Fsp3) is 0.211. The summed E-state index contributed by atoms with van der Waals surface area (Å²) >= 11 is 0. The number of nitrogens with one attached hydrogen (secondary N) is 2. The molecule has 5 heteroatoms. The lowest BCUT2D eigenvalue weighted by molar-refractivity contribution is 0.663. The van der Waals surface area contributed by atoms with Gasteiger partial charge >= 0.3 is 0 Å². The van der Waals surface area contributed by atoms with E-state index in [4.69, 9.17) is 11.3 Å². The Balaban J connectivity index is 1.74. The lowest BCUT2D eigenvalue weighted by Gasteiger charge is -2.23. The van der Waals surface area contributed by atoms with Crippen LogP contribution >= 0.6 is 0 Å². The van der Waals surface area contributed by atoms with Crippen LogP contribution in [-0.2, 0) is 6.42 Å². The second-order valence-corrected chi connectivity index (χ2v) is 6.04. The molecule has 5 nitrogen and oxygen atoms in total. The number of hydrogen-bond donors (Lipinski definition) is 3. The minimum atomic E-state index is 0.243. The van der Waals surface area contributed by atoms with Gasteiger partial charge in [-0.15, -0.1) is 5.10 Å². The van der Waals surface area contributed by atoms with Crippen LogP contribution in [0.1, 0.15) is 23.6 Å². The number of amidine groups is 1. The number of fused-ring (bicyclic) bond motifs is 1. The predicted octanol–water partition coefficient (Wildman–Crippen LogP) is 4.03. The number of hydrogen-bond acceptors (Lipinski definition) is 3. The maximum absolute atomic E-state index is 6.77. The Morgan fingerprint density at radius 2 is 2.08 bits per heavy atom. The highest BCUT2D eigenvalue weighted by atomic mass is 15.3. The van der Waals surface area contributed by atoms with Crippen LogP contribution in [0.3, 0.4) is 0 Å². The van der Waals surface area contributed by atoms with Crippen molar-refractivity contribution in [3.05, 3.63) is 70.8 Å². The largest absolute Gasteiger partial charge is 0.382 e. The van der Waals surface area contributed by atoms with E-state index in [1.807, 2.05) is 24.3 Å². The Kier molecular flexibility index (Phi) is 4.70. The molecule has 0 fully saturated rings. The lowest BCUT2D eigenvalue weighted by atomic mass is 9.84. The molecule has 1 aliphatic carbocycles. The zero-order chi connectivity index (χ0) is 16.9. The van der Waals surface area contributed by atoms with Crippen LogP contribution in [-0.4, -0.2) is 12.4 Å². The van der Waals surface area contributed by atoms with Crippen molar-refractivity contribution in [3.63, 3.8) is 0 Å². The summed E-state index contributed by atoms with van der Waals surface area (Å²) in [5.74, 6) is 0.761. The third kappa shape index (κ3) is 3.51. The summed E-state index contributed by atoms with van der Waals surface area (Å²) in [7, 11) is 0. The van der Waals surface area contributed by atoms with E-state index in [9.17, 15) is 0 Å². The third-order valence-electron chi connectivity index (χ3n) is 4.37. The van der Waals surface area contributed by atoms with Crippen LogP contribution in [0.2, 0.25) is 0 Å². The van der Waals surface area contributed by atoms with Gasteiger partial charge in [0, 0.05) is 17.8 Å². The monoisotopic (exact) mass is 319 g/mol. The zero-order valence-corrected chi connectivity index (χ0v) is 13.7. The average molecular weight is 319 g/mol. The van der Waals surface area contributed by atoms with Gasteiger partial charge in [-0.1, -0.05) is 54.6 Å². The Labute approximate surface area is 141 Å². The summed E-state index contributed by atoms with van der Waals surface area (Å²) in [6.45, 7) is 3.05. The summed E-state index contributed by atoms with van der Waals surface area (Å²) in [4.78, 5) is 0. The summed E-state index contributed by atoms with van der Waals surface area (Å²) in [6.07, 6.45) is 3.36. The summed E-state index contributed by atoms with van der Waals surface area (Å²) in [5.41, 5.74) is 18.4. The summed E-state index contributed by atoms with van der Waals surface area (Å²) in [6, 6.07) is 16.2. The summed E-state index contributed by atoms with van der Waals surface area (Å²) in [5, 5.41) is 10.0. The predicted molar refractivity (Wildman–Crippen MR) is 98.1 cm³/mol. The molecule has 0 saturated carbocycles. The van der Waals surface area contributed by atoms with E-state index in [0.29, 0.717) is 5.92 Å². The highest BCUT2D eigenvalue weighted by Gasteiger charge is 2.17. The molecule has 0 amide bonds. The van der Waals surface area contributed by atoms with Gasteiger partial charge in [0.15, 0.2) is 5.84 Å². The second-order valence-electron chi connectivity index (χ2n) is 6.04. The van der Waals surface area contributed by atoms with E-state index >= 15 is 0 Å². The molecule has 1 atom stereocenters. The Hall–Kier alpha value is -2.95. The fourth-order valence-electron chi connectivity index (χ4n) is 2.99. The summed E-state index contributed by atoms with van der Waals surface area (Å²) < 4.78 is 0. The van der Waals surface area contributed by atoms with Crippen LogP contribution < -0.4 is 11.1 Å². The van der Waals surface area contributed by atoms with E-state index in [1.54, 1.807) is 0 Å². The van der Waals surface area contributed by atoms with Crippen LogP contribution in [0, 0.1) is 11.4 Å². The third-order valence-corrected chi connectivity index (χ3v) is 4.37. The second kappa shape index (κ2) is 7.08. The van der Waals surface area contributed by atoms with Crippen molar-refractivity contribution >= 4 is 17.6 Å². The SMILES string of the molecule is CC1Cc2ccccc2C=C1CNc1cccc(C(N)=NN=N)c1. The van der Waals surface area contributed by atoms with Gasteiger partial charge in [0.2, 0.25) is 0 Å². The number of rotatable bonds is 5. The topological polar surface area (TPSA) is 86.6 Å². The lowest BCUT2D eigenvalue weighted by Crippen LogP contribution is -2.17. The molecule has 0 radical (unpaired) electrons. The highest BCUT2D eigenvalue weighted by molar-refractivity contribution is 5.98. The van der Waals surface area contributed by atoms with Gasteiger partial charge in [-0.05, 0) is 41.2 Å². The maximum atomic E-state index is 6.77. The molecule has 1 unspecified atom stereocenters. The van der Waals surface area contributed by atoms with Crippen LogP contribution in [0.5, 0.6) is 0 Å². The van der Waals surface area contributed by atoms with Crippen molar-refractivity contribution < 1.29 is 0 Å². The first kappa shape index (κ1) is 15.9. The molecule has 4 N–H and O–H groups in total. The van der Waals surface area contributed by atoms with Crippen LogP contribution in [0.4, 0.5) is 5.69 Å². The van der Waals surface area contributed by atoms with Crippen molar-refractivity contribution in [2.24, 2.45) is 22.0 Å². The molecule has 0 saturated heterocycles. The molecule has 122 valence electrons. The molecule has 2 aromatic carbocycles. The van der Waals surface area contributed by atoms with E-state index in [2.05, 4.69) is 52.9 Å². The fourth-order valence-corrected chi connectivity index (χ4v) is 2.99. The Bertz CT molecular complexity index is 807. The molecule has 0 spiro atoms. The highest BCUT2D eigenvalue weighted by Crippen LogP contribution is 2.28. The van der Waals surface area contributed by atoms with Crippen molar-refractivity contribution in [3.8, 4) is 0 Å².